The number of aliphatic hydroxyl groups is 1. The van der Waals surface area contributed by atoms with Crippen molar-refractivity contribution < 1.29 is 9.90 Å². The molecular weight excluding hydrogens is 371 g/mol. The second-order valence-electron chi connectivity index (χ2n) is 9.28. The predicted octanol–water partition coefficient (Wildman–Crippen LogP) is 4.28. The molecule has 1 N–H and O–H groups in total. The summed E-state index contributed by atoms with van der Waals surface area (Å²) in [6, 6.07) is 5.73. The number of benzene rings is 1. The van der Waals surface area contributed by atoms with E-state index >= 15 is 0 Å². The first-order valence-electron chi connectivity index (χ1n) is 9.51. The first-order valence-corrected chi connectivity index (χ1v) is 10.3. The van der Waals surface area contributed by atoms with E-state index in [1.807, 2.05) is 36.0 Å². The summed E-state index contributed by atoms with van der Waals surface area (Å²) in [4.78, 5) is 13.1. The third kappa shape index (κ3) is 2.15. The smallest absolute Gasteiger partial charge is 0.268 e. The Morgan fingerprint density at radius 3 is 2.38 bits per heavy atom. The highest BCUT2D eigenvalue weighted by atomic mass is 35.5. The lowest BCUT2D eigenvalue weighted by Gasteiger charge is -2.67. The molecule has 1 amide bonds. The molecule has 0 spiro atoms. The van der Waals surface area contributed by atoms with Gasteiger partial charge in [0.2, 0.25) is 0 Å². The van der Waals surface area contributed by atoms with Crippen LogP contribution in [0.15, 0.2) is 18.2 Å². The Kier molecular flexibility index (Phi) is 3.50. The van der Waals surface area contributed by atoms with Gasteiger partial charge in [0.1, 0.15) is 5.54 Å². The molecule has 2 atom stereocenters. The monoisotopic (exact) mass is 394 g/mol. The zero-order valence-corrected chi connectivity index (χ0v) is 16.6. The van der Waals surface area contributed by atoms with Crippen LogP contribution < -0.4 is 5.01 Å². The van der Waals surface area contributed by atoms with Crippen LogP contribution >= 0.6 is 23.2 Å². The minimum atomic E-state index is -0.639. The molecule has 5 aliphatic rings. The minimum Gasteiger partial charge on any atom is -0.390 e. The van der Waals surface area contributed by atoms with Crippen molar-refractivity contribution in [3.63, 3.8) is 0 Å². The van der Waals surface area contributed by atoms with Crippen LogP contribution in [0.3, 0.4) is 0 Å². The van der Waals surface area contributed by atoms with Gasteiger partial charge in [0, 0.05) is 0 Å². The third-order valence-electron chi connectivity index (χ3n) is 7.11. The highest BCUT2D eigenvalue weighted by Crippen LogP contribution is 2.59. The molecule has 1 saturated heterocycles. The lowest BCUT2D eigenvalue weighted by molar-refractivity contribution is -0.190. The van der Waals surface area contributed by atoms with E-state index in [9.17, 15) is 9.90 Å². The molecule has 4 nitrogen and oxygen atoms in total. The van der Waals surface area contributed by atoms with Gasteiger partial charge in [-0.2, -0.15) is 0 Å². The van der Waals surface area contributed by atoms with Crippen molar-refractivity contribution in [2.45, 2.75) is 63.1 Å². The van der Waals surface area contributed by atoms with Crippen molar-refractivity contribution in [3.05, 3.63) is 28.2 Å². The Bertz CT molecular complexity index is 780. The SMILES string of the molecule is CC1(C)C(=O)N(C2C3CC4CC2CC(O)(C4)C3)N1c1cccc(Cl)c1Cl. The van der Waals surface area contributed by atoms with Crippen LogP contribution in [-0.2, 0) is 4.79 Å². The normalized spacial score (nSPS) is 40.1. The van der Waals surface area contributed by atoms with Crippen molar-refractivity contribution in [1.29, 1.82) is 0 Å². The second-order valence-corrected chi connectivity index (χ2v) is 10.1. The summed E-state index contributed by atoms with van der Waals surface area (Å²) in [6.45, 7) is 3.87. The molecule has 4 bridgehead atoms. The summed E-state index contributed by atoms with van der Waals surface area (Å²) < 4.78 is 0. The quantitative estimate of drug-likeness (QED) is 0.813. The van der Waals surface area contributed by atoms with E-state index in [-0.39, 0.29) is 11.9 Å². The van der Waals surface area contributed by atoms with Crippen LogP contribution in [0.1, 0.15) is 46.0 Å². The fourth-order valence-corrected chi connectivity index (χ4v) is 6.76. The summed E-state index contributed by atoms with van der Waals surface area (Å²) in [7, 11) is 0. The van der Waals surface area contributed by atoms with E-state index in [0.717, 1.165) is 37.8 Å². The molecule has 0 aromatic heterocycles. The molecule has 1 aliphatic heterocycles. The lowest BCUT2D eigenvalue weighted by Crippen LogP contribution is -2.81. The fraction of sp³-hybridized carbons (Fsp3) is 0.650. The zero-order chi connectivity index (χ0) is 18.4. The Hall–Kier alpha value is -0.970. The predicted molar refractivity (Wildman–Crippen MR) is 102 cm³/mol. The molecule has 5 fully saturated rings. The number of hydrogen-bond donors (Lipinski definition) is 1. The number of carbonyl (C=O) groups is 1. The van der Waals surface area contributed by atoms with Crippen molar-refractivity contribution in [2.75, 3.05) is 5.01 Å². The number of anilines is 1. The summed E-state index contributed by atoms with van der Waals surface area (Å²) in [5, 5.41) is 15.8. The molecule has 4 aliphatic carbocycles. The second kappa shape index (κ2) is 5.30. The zero-order valence-electron chi connectivity index (χ0n) is 15.1. The van der Waals surface area contributed by atoms with Gasteiger partial charge in [0.15, 0.2) is 0 Å². The first-order chi connectivity index (χ1) is 12.2. The maximum atomic E-state index is 13.1. The number of carbonyl (C=O) groups excluding carboxylic acids is 1. The van der Waals surface area contributed by atoms with E-state index in [0.29, 0.717) is 27.8 Å². The van der Waals surface area contributed by atoms with Gasteiger partial charge in [0.25, 0.3) is 5.91 Å². The molecule has 6 rings (SSSR count). The minimum absolute atomic E-state index is 0.137. The maximum absolute atomic E-state index is 13.1. The molecule has 26 heavy (non-hydrogen) atoms. The topological polar surface area (TPSA) is 43.8 Å². The van der Waals surface area contributed by atoms with E-state index in [1.165, 1.54) is 0 Å². The Labute approximate surface area is 164 Å². The lowest BCUT2D eigenvalue weighted by atomic mass is 9.52. The van der Waals surface area contributed by atoms with E-state index in [2.05, 4.69) is 0 Å². The van der Waals surface area contributed by atoms with E-state index in [1.54, 1.807) is 6.07 Å². The summed E-state index contributed by atoms with van der Waals surface area (Å²) in [5.41, 5.74) is -0.356. The van der Waals surface area contributed by atoms with Crippen LogP contribution in [0, 0.1) is 17.8 Å². The van der Waals surface area contributed by atoms with Crippen LogP contribution in [0.2, 0.25) is 10.0 Å². The summed E-state index contributed by atoms with van der Waals surface area (Å²) in [5.74, 6) is 1.48. The molecule has 0 radical (unpaired) electrons. The highest BCUT2D eigenvalue weighted by Gasteiger charge is 2.63. The molecular formula is C20H24Cl2N2O2. The number of amides is 1. The van der Waals surface area contributed by atoms with E-state index < -0.39 is 11.1 Å². The molecule has 1 aromatic carbocycles. The average molecular weight is 395 g/mol. The van der Waals surface area contributed by atoms with E-state index in [4.69, 9.17) is 23.2 Å². The van der Waals surface area contributed by atoms with Gasteiger partial charge < -0.3 is 5.11 Å². The van der Waals surface area contributed by atoms with Gasteiger partial charge in [0.05, 0.1) is 27.4 Å². The van der Waals surface area contributed by atoms with Crippen LogP contribution in [0.5, 0.6) is 0 Å². The van der Waals surface area contributed by atoms with Crippen molar-refractivity contribution in [3.8, 4) is 0 Å². The average Bonchev–Trinajstić information content (AvgIpc) is 2.55. The van der Waals surface area contributed by atoms with Gasteiger partial charge in [-0.05, 0) is 75.8 Å². The molecule has 1 aromatic rings. The third-order valence-corrected chi connectivity index (χ3v) is 7.92. The van der Waals surface area contributed by atoms with Crippen LogP contribution in [0.25, 0.3) is 0 Å². The van der Waals surface area contributed by atoms with Crippen molar-refractivity contribution in [2.24, 2.45) is 17.8 Å². The Balaban J connectivity index is 1.54. The summed E-state index contributed by atoms with van der Waals surface area (Å²) in [6.07, 6.45) is 4.80. The van der Waals surface area contributed by atoms with Gasteiger partial charge in [-0.1, -0.05) is 29.3 Å². The van der Waals surface area contributed by atoms with Crippen molar-refractivity contribution >= 4 is 34.8 Å². The van der Waals surface area contributed by atoms with Gasteiger partial charge in [-0.15, -0.1) is 0 Å². The van der Waals surface area contributed by atoms with Gasteiger partial charge >= 0.3 is 0 Å². The molecule has 140 valence electrons. The highest BCUT2D eigenvalue weighted by molar-refractivity contribution is 6.43. The molecule has 1 heterocycles. The van der Waals surface area contributed by atoms with Crippen LogP contribution in [0.4, 0.5) is 5.69 Å². The maximum Gasteiger partial charge on any atom is 0.268 e. The number of hydrazine groups is 1. The Morgan fingerprint density at radius 2 is 1.77 bits per heavy atom. The number of hydrogen-bond acceptors (Lipinski definition) is 3. The molecule has 6 heteroatoms. The summed E-state index contributed by atoms with van der Waals surface area (Å²) >= 11 is 12.7. The largest absolute Gasteiger partial charge is 0.390 e. The van der Waals surface area contributed by atoms with Crippen LogP contribution in [-0.4, -0.2) is 33.2 Å². The number of rotatable bonds is 2. The number of halogens is 2. The molecule has 4 saturated carbocycles. The molecule has 2 unspecified atom stereocenters. The number of nitrogens with zero attached hydrogens (tertiary/aromatic N) is 2. The van der Waals surface area contributed by atoms with Crippen molar-refractivity contribution in [1.82, 2.24) is 5.01 Å². The Morgan fingerprint density at radius 1 is 1.12 bits per heavy atom. The first kappa shape index (κ1) is 17.2. The van der Waals surface area contributed by atoms with Gasteiger partial charge in [-0.25, -0.2) is 5.01 Å². The standard InChI is InChI=1S/C20H24Cl2N2O2/c1-19(2)18(25)23(24(19)15-5-3-4-14(21)16(15)22)17-12-6-11-7-13(17)10-20(26,8-11)9-12/h3-5,11-13,17,26H,6-10H2,1-2H3. The van der Waals surface area contributed by atoms with Gasteiger partial charge in [-0.3, -0.25) is 9.80 Å². The fourth-order valence-electron chi connectivity index (χ4n) is 6.38.